The summed E-state index contributed by atoms with van der Waals surface area (Å²) in [5, 5.41) is 12.5. The first-order valence-electron chi connectivity index (χ1n) is 8.46. The van der Waals surface area contributed by atoms with Crippen molar-refractivity contribution in [3.8, 4) is 0 Å². The molecule has 1 aliphatic rings. The molecule has 24 heavy (non-hydrogen) atoms. The van der Waals surface area contributed by atoms with Gasteiger partial charge in [-0.25, -0.2) is 9.78 Å². The molecule has 1 unspecified atom stereocenters. The molecule has 2 N–H and O–H groups in total. The summed E-state index contributed by atoms with van der Waals surface area (Å²) in [4.78, 5) is 20.3. The lowest BCUT2D eigenvalue weighted by atomic mass is 10.1. The number of aliphatic hydroxyl groups is 1. The van der Waals surface area contributed by atoms with Gasteiger partial charge < -0.3 is 25.0 Å². The molecule has 2 amide bonds. The maximum absolute atomic E-state index is 12.1. The highest BCUT2D eigenvalue weighted by atomic mass is 16.5. The Kier molecular flexibility index (Phi) is 7.27. The minimum absolute atomic E-state index is 0.209. The van der Waals surface area contributed by atoms with Crippen LogP contribution in [0, 0.1) is 0 Å². The molecule has 0 spiro atoms. The number of amides is 2. The van der Waals surface area contributed by atoms with Crippen LogP contribution >= 0.6 is 0 Å². The van der Waals surface area contributed by atoms with E-state index in [1.165, 1.54) is 31.3 Å². The van der Waals surface area contributed by atoms with E-state index in [9.17, 15) is 9.90 Å². The number of carbonyl (C=O) groups excluding carboxylic acids is 1. The fourth-order valence-corrected chi connectivity index (χ4v) is 2.82. The van der Waals surface area contributed by atoms with Crippen molar-refractivity contribution >= 4 is 11.8 Å². The second-order valence-electron chi connectivity index (χ2n) is 6.22. The van der Waals surface area contributed by atoms with Crippen molar-refractivity contribution in [2.75, 3.05) is 45.3 Å². The van der Waals surface area contributed by atoms with Crippen LogP contribution in [0.3, 0.4) is 0 Å². The van der Waals surface area contributed by atoms with Gasteiger partial charge in [0.25, 0.3) is 0 Å². The predicted octanol–water partition coefficient (Wildman–Crippen LogP) is 1.22. The standard InChI is InChI=1S/C17H28N4O3/c1-20(12-15(22)13-24-2)17(23)19-11-14-6-7-18-16(10-14)21-8-4-3-5-9-21/h6-7,10,15,22H,3-5,8-9,11-13H2,1-2H3,(H,19,23). The summed E-state index contributed by atoms with van der Waals surface area (Å²) in [5.41, 5.74) is 1.02. The zero-order chi connectivity index (χ0) is 17.4. The summed E-state index contributed by atoms with van der Waals surface area (Å²) >= 11 is 0. The number of nitrogens with one attached hydrogen (secondary N) is 1. The Balaban J connectivity index is 1.83. The molecule has 0 aliphatic carbocycles. The highest BCUT2D eigenvalue weighted by molar-refractivity contribution is 5.73. The van der Waals surface area contributed by atoms with Gasteiger partial charge in [0.1, 0.15) is 5.82 Å². The molecule has 1 atom stereocenters. The van der Waals surface area contributed by atoms with Gasteiger partial charge in [0.2, 0.25) is 0 Å². The lowest BCUT2D eigenvalue weighted by Gasteiger charge is -2.28. The van der Waals surface area contributed by atoms with Crippen LogP contribution in [-0.2, 0) is 11.3 Å². The number of carbonyl (C=O) groups is 1. The molecule has 1 saturated heterocycles. The first kappa shape index (κ1) is 18.5. The molecule has 0 radical (unpaired) electrons. The van der Waals surface area contributed by atoms with Gasteiger partial charge in [-0.1, -0.05) is 0 Å². The monoisotopic (exact) mass is 336 g/mol. The molecule has 0 bridgehead atoms. The minimum atomic E-state index is -0.683. The Labute approximate surface area is 143 Å². The van der Waals surface area contributed by atoms with E-state index in [1.54, 1.807) is 13.2 Å². The Morgan fingerprint density at radius 2 is 2.21 bits per heavy atom. The Morgan fingerprint density at radius 1 is 1.46 bits per heavy atom. The van der Waals surface area contributed by atoms with Crippen LogP contribution in [0.25, 0.3) is 0 Å². The number of hydrogen-bond acceptors (Lipinski definition) is 5. The van der Waals surface area contributed by atoms with E-state index in [2.05, 4.69) is 15.2 Å². The van der Waals surface area contributed by atoms with E-state index in [-0.39, 0.29) is 19.2 Å². The number of nitrogens with zero attached hydrogens (tertiary/aromatic N) is 3. The summed E-state index contributed by atoms with van der Waals surface area (Å²) in [6, 6.07) is 3.72. The molecule has 2 heterocycles. The van der Waals surface area contributed by atoms with Gasteiger partial charge in [-0.15, -0.1) is 0 Å². The largest absolute Gasteiger partial charge is 0.389 e. The lowest BCUT2D eigenvalue weighted by Crippen LogP contribution is -2.42. The number of likely N-dealkylation sites (N-methyl/N-ethyl adjacent to an activating group) is 1. The van der Waals surface area contributed by atoms with Crippen molar-refractivity contribution in [2.24, 2.45) is 0 Å². The number of rotatable bonds is 7. The predicted molar refractivity (Wildman–Crippen MR) is 93.0 cm³/mol. The quantitative estimate of drug-likeness (QED) is 0.783. The summed E-state index contributed by atoms with van der Waals surface area (Å²) < 4.78 is 4.86. The number of aromatic nitrogens is 1. The second-order valence-corrected chi connectivity index (χ2v) is 6.22. The van der Waals surface area contributed by atoms with Crippen molar-refractivity contribution in [1.82, 2.24) is 15.2 Å². The average Bonchev–Trinajstić information content (AvgIpc) is 2.60. The van der Waals surface area contributed by atoms with Crippen molar-refractivity contribution in [3.05, 3.63) is 23.9 Å². The number of ether oxygens (including phenoxy) is 1. The molecule has 0 aromatic carbocycles. The number of aliphatic hydroxyl groups excluding tert-OH is 1. The van der Waals surface area contributed by atoms with Gasteiger partial charge in [-0.3, -0.25) is 0 Å². The molecule has 1 aromatic rings. The van der Waals surface area contributed by atoms with E-state index in [4.69, 9.17) is 4.74 Å². The van der Waals surface area contributed by atoms with Crippen LogP contribution in [0.4, 0.5) is 10.6 Å². The van der Waals surface area contributed by atoms with Crippen LogP contribution in [0.2, 0.25) is 0 Å². The molecule has 1 fully saturated rings. The number of methoxy groups -OCH3 is 1. The maximum atomic E-state index is 12.1. The molecule has 1 aliphatic heterocycles. The molecule has 7 nitrogen and oxygen atoms in total. The second kappa shape index (κ2) is 9.44. The molecular formula is C17H28N4O3. The fourth-order valence-electron chi connectivity index (χ4n) is 2.82. The Morgan fingerprint density at radius 3 is 2.92 bits per heavy atom. The molecule has 134 valence electrons. The van der Waals surface area contributed by atoms with E-state index in [0.29, 0.717) is 6.54 Å². The Bertz CT molecular complexity index is 520. The van der Waals surface area contributed by atoms with Crippen molar-refractivity contribution in [3.63, 3.8) is 0 Å². The van der Waals surface area contributed by atoms with Crippen molar-refractivity contribution in [1.29, 1.82) is 0 Å². The number of urea groups is 1. The van der Waals surface area contributed by atoms with E-state index in [1.807, 2.05) is 12.1 Å². The van der Waals surface area contributed by atoms with Crippen molar-refractivity contribution < 1.29 is 14.6 Å². The number of anilines is 1. The third kappa shape index (κ3) is 5.65. The van der Waals surface area contributed by atoms with Crippen molar-refractivity contribution in [2.45, 2.75) is 31.9 Å². The smallest absolute Gasteiger partial charge is 0.317 e. The molecule has 7 heteroatoms. The van der Waals surface area contributed by atoms with E-state index in [0.717, 1.165) is 24.5 Å². The number of hydrogen-bond donors (Lipinski definition) is 2. The summed E-state index contributed by atoms with van der Waals surface area (Å²) in [5.74, 6) is 0.977. The highest BCUT2D eigenvalue weighted by Gasteiger charge is 2.14. The molecule has 1 aromatic heterocycles. The van der Waals surface area contributed by atoms with Gasteiger partial charge in [0.15, 0.2) is 0 Å². The lowest BCUT2D eigenvalue weighted by molar-refractivity contribution is 0.0489. The summed E-state index contributed by atoms with van der Waals surface area (Å²) in [6.07, 6.45) is 4.80. The van der Waals surface area contributed by atoms with E-state index < -0.39 is 6.10 Å². The summed E-state index contributed by atoms with van der Waals surface area (Å²) in [7, 11) is 3.17. The minimum Gasteiger partial charge on any atom is -0.389 e. The van der Waals surface area contributed by atoms with Gasteiger partial charge in [0, 0.05) is 40.0 Å². The SMILES string of the molecule is COCC(O)CN(C)C(=O)NCc1ccnc(N2CCCCC2)c1. The topological polar surface area (TPSA) is 77.9 Å². The number of pyridine rings is 1. The zero-order valence-corrected chi connectivity index (χ0v) is 14.6. The van der Waals surface area contributed by atoms with Gasteiger partial charge >= 0.3 is 6.03 Å². The van der Waals surface area contributed by atoms with Crippen LogP contribution < -0.4 is 10.2 Å². The number of piperidine rings is 1. The first-order valence-corrected chi connectivity index (χ1v) is 8.46. The zero-order valence-electron chi connectivity index (χ0n) is 14.6. The normalized spacial score (nSPS) is 15.9. The average molecular weight is 336 g/mol. The van der Waals surface area contributed by atoms with Gasteiger partial charge in [0.05, 0.1) is 19.3 Å². The molecular weight excluding hydrogens is 308 g/mol. The van der Waals surface area contributed by atoms with Gasteiger partial charge in [-0.05, 0) is 37.0 Å². The third-order valence-electron chi connectivity index (χ3n) is 4.12. The van der Waals surface area contributed by atoms with Gasteiger partial charge in [-0.2, -0.15) is 0 Å². The fraction of sp³-hybridized carbons (Fsp3) is 0.647. The van der Waals surface area contributed by atoms with Crippen LogP contribution in [0.1, 0.15) is 24.8 Å². The van der Waals surface area contributed by atoms with Crippen LogP contribution in [0.5, 0.6) is 0 Å². The van der Waals surface area contributed by atoms with E-state index >= 15 is 0 Å². The molecule has 2 rings (SSSR count). The Hall–Kier alpha value is -1.86. The summed E-state index contributed by atoms with van der Waals surface area (Å²) in [6.45, 7) is 2.97. The third-order valence-corrected chi connectivity index (χ3v) is 4.12. The molecule has 0 saturated carbocycles. The highest BCUT2D eigenvalue weighted by Crippen LogP contribution is 2.18. The van der Waals surface area contributed by atoms with Crippen LogP contribution in [0.15, 0.2) is 18.3 Å². The first-order chi connectivity index (χ1) is 11.6. The maximum Gasteiger partial charge on any atom is 0.317 e. The van der Waals surface area contributed by atoms with Crippen LogP contribution in [-0.4, -0.2) is 67.5 Å².